The van der Waals surface area contributed by atoms with Gasteiger partial charge in [-0.1, -0.05) is 0 Å². The van der Waals surface area contributed by atoms with Gasteiger partial charge in [0.15, 0.2) is 5.78 Å². The van der Waals surface area contributed by atoms with Crippen molar-refractivity contribution < 1.29 is 9.53 Å². The van der Waals surface area contributed by atoms with Gasteiger partial charge in [0.25, 0.3) is 0 Å². The highest BCUT2D eigenvalue weighted by Crippen LogP contribution is 2.22. The molecule has 0 aromatic carbocycles. The number of nitrogens with zero attached hydrogens (tertiary/aromatic N) is 1. The van der Waals surface area contributed by atoms with Crippen molar-refractivity contribution in [1.82, 2.24) is 4.98 Å². The van der Waals surface area contributed by atoms with E-state index in [1.165, 1.54) is 6.20 Å². The zero-order valence-electron chi connectivity index (χ0n) is 10.2. The zero-order valence-corrected chi connectivity index (χ0v) is 10.2. The molecule has 0 aliphatic heterocycles. The number of ether oxygens (including phenoxy) is 1. The molecule has 0 aliphatic rings. The first-order valence-electron chi connectivity index (χ1n) is 5.24. The van der Waals surface area contributed by atoms with Crippen LogP contribution >= 0.6 is 0 Å². The van der Waals surface area contributed by atoms with Crippen LogP contribution in [0, 0.1) is 0 Å². The average molecular weight is 222 g/mol. The molecular weight excluding hydrogens is 204 g/mol. The van der Waals surface area contributed by atoms with Crippen molar-refractivity contribution in [2.75, 3.05) is 0 Å². The lowest BCUT2D eigenvalue weighted by atomic mass is 10.1. The van der Waals surface area contributed by atoms with Crippen LogP contribution in [-0.4, -0.2) is 22.4 Å². The van der Waals surface area contributed by atoms with E-state index in [1.54, 1.807) is 19.2 Å². The standard InChI is InChI=1S/C12H18N2O2/c1-8(13)11(15)9-7-14-6-5-10(9)16-12(2,3)4/h5-8H,13H2,1-4H3. The molecule has 4 nitrogen and oxygen atoms in total. The van der Waals surface area contributed by atoms with Gasteiger partial charge in [-0.05, 0) is 33.8 Å². The molecule has 0 aliphatic carbocycles. The molecule has 2 N–H and O–H groups in total. The van der Waals surface area contributed by atoms with Crippen molar-refractivity contribution in [1.29, 1.82) is 0 Å². The lowest BCUT2D eigenvalue weighted by Gasteiger charge is -2.23. The number of nitrogens with two attached hydrogens (primary N) is 1. The number of carbonyl (C=O) groups excluding carboxylic acids is 1. The Morgan fingerprint density at radius 2 is 2.12 bits per heavy atom. The maximum Gasteiger partial charge on any atom is 0.184 e. The number of rotatable bonds is 3. The second-order valence-corrected chi connectivity index (χ2v) is 4.74. The van der Waals surface area contributed by atoms with Gasteiger partial charge >= 0.3 is 0 Å². The summed E-state index contributed by atoms with van der Waals surface area (Å²) in [5.74, 6) is 0.372. The average Bonchev–Trinajstić information content (AvgIpc) is 2.15. The monoisotopic (exact) mass is 222 g/mol. The molecule has 1 unspecified atom stereocenters. The van der Waals surface area contributed by atoms with E-state index in [-0.39, 0.29) is 11.4 Å². The minimum absolute atomic E-state index is 0.160. The topological polar surface area (TPSA) is 65.2 Å². The minimum atomic E-state index is -0.550. The fraction of sp³-hybridized carbons (Fsp3) is 0.500. The molecule has 1 aromatic rings. The molecule has 0 bridgehead atoms. The van der Waals surface area contributed by atoms with E-state index in [0.717, 1.165) is 0 Å². The zero-order chi connectivity index (χ0) is 12.3. The van der Waals surface area contributed by atoms with E-state index in [0.29, 0.717) is 11.3 Å². The molecule has 0 saturated heterocycles. The Hall–Kier alpha value is -1.42. The first-order valence-corrected chi connectivity index (χ1v) is 5.24. The third-order valence-electron chi connectivity index (χ3n) is 1.88. The van der Waals surface area contributed by atoms with Crippen molar-refractivity contribution in [2.45, 2.75) is 39.3 Å². The summed E-state index contributed by atoms with van der Waals surface area (Å²) in [5, 5.41) is 0. The molecule has 4 heteroatoms. The van der Waals surface area contributed by atoms with E-state index >= 15 is 0 Å². The molecule has 1 heterocycles. The molecule has 0 radical (unpaired) electrons. The highest BCUT2D eigenvalue weighted by molar-refractivity contribution is 6.01. The fourth-order valence-electron chi connectivity index (χ4n) is 1.23. The largest absolute Gasteiger partial charge is 0.487 e. The molecule has 88 valence electrons. The molecule has 0 spiro atoms. The SMILES string of the molecule is CC(N)C(=O)c1cnccc1OC(C)(C)C. The molecular formula is C12H18N2O2. The van der Waals surface area contributed by atoms with Crippen LogP contribution in [0.3, 0.4) is 0 Å². The summed E-state index contributed by atoms with van der Waals surface area (Å²) in [5.41, 5.74) is 5.65. The van der Waals surface area contributed by atoms with Crippen molar-refractivity contribution in [3.63, 3.8) is 0 Å². The Kier molecular flexibility index (Phi) is 3.65. The first-order chi connectivity index (χ1) is 7.31. The third kappa shape index (κ3) is 3.31. The van der Waals surface area contributed by atoms with Gasteiger partial charge in [-0.15, -0.1) is 0 Å². The number of hydrogen-bond acceptors (Lipinski definition) is 4. The second kappa shape index (κ2) is 4.61. The van der Waals surface area contributed by atoms with Crippen molar-refractivity contribution >= 4 is 5.78 Å². The smallest absolute Gasteiger partial charge is 0.184 e. The summed E-state index contributed by atoms with van der Waals surface area (Å²) in [6, 6.07) is 1.13. The van der Waals surface area contributed by atoms with Crippen LogP contribution in [-0.2, 0) is 0 Å². The van der Waals surface area contributed by atoms with Gasteiger partial charge in [0, 0.05) is 12.4 Å². The van der Waals surface area contributed by atoms with E-state index in [9.17, 15) is 4.79 Å². The van der Waals surface area contributed by atoms with E-state index in [4.69, 9.17) is 10.5 Å². The lowest BCUT2D eigenvalue weighted by Crippen LogP contribution is -2.29. The Balaban J connectivity index is 3.06. The maximum atomic E-state index is 11.8. The maximum absolute atomic E-state index is 11.8. The summed E-state index contributed by atoms with van der Waals surface area (Å²) in [4.78, 5) is 15.7. The van der Waals surface area contributed by atoms with Crippen LogP contribution in [0.2, 0.25) is 0 Å². The molecule has 1 rings (SSSR count). The van der Waals surface area contributed by atoms with E-state index < -0.39 is 6.04 Å². The molecule has 16 heavy (non-hydrogen) atoms. The normalized spacial score (nSPS) is 13.3. The van der Waals surface area contributed by atoms with Gasteiger partial charge < -0.3 is 10.5 Å². The first kappa shape index (κ1) is 12.6. The van der Waals surface area contributed by atoms with Gasteiger partial charge in [0.05, 0.1) is 11.6 Å². The van der Waals surface area contributed by atoms with E-state index in [2.05, 4.69) is 4.98 Å². The Morgan fingerprint density at radius 1 is 1.50 bits per heavy atom. The Bertz CT molecular complexity index is 381. The van der Waals surface area contributed by atoms with Gasteiger partial charge in [0.1, 0.15) is 11.4 Å². The minimum Gasteiger partial charge on any atom is -0.487 e. The number of pyridine rings is 1. The summed E-state index contributed by atoms with van der Waals surface area (Å²) in [6.45, 7) is 7.42. The van der Waals surface area contributed by atoms with Crippen LogP contribution in [0.25, 0.3) is 0 Å². The number of aromatic nitrogens is 1. The fourth-order valence-corrected chi connectivity index (χ4v) is 1.23. The van der Waals surface area contributed by atoms with Gasteiger partial charge in [-0.2, -0.15) is 0 Å². The predicted octanol–water partition coefficient (Wildman–Crippen LogP) is 1.79. The third-order valence-corrected chi connectivity index (χ3v) is 1.88. The molecule has 0 saturated carbocycles. The van der Waals surface area contributed by atoms with Crippen LogP contribution < -0.4 is 10.5 Å². The molecule has 0 amide bonds. The Labute approximate surface area is 95.8 Å². The van der Waals surface area contributed by atoms with Gasteiger partial charge in [-0.3, -0.25) is 9.78 Å². The van der Waals surface area contributed by atoms with Crippen molar-refractivity contribution in [2.24, 2.45) is 5.73 Å². The van der Waals surface area contributed by atoms with Crippen LogP contribution in [0.1, 0.15) is 38.1 Å². The molecule has 1 aromatic heterocycles. The Morgan fingerprint density at radius 3 is 2.62 bits per heavy atom. The molecule has 0 fully saturated rings. The summed E-state index contributed by atoms with van der Waals surface area (Å²) >= 11 is 0. The lowest BCUT2D eigenvalue weighted by molar-refractivity contribution is 0.0946. The highest BCUT2D eigenvalue weighted by atomic mass is 16.5. The van der Waals surface area contributed by atoms with Crippen molar-refractivity contribution in [3.8, 4) is 5.75 Å². The molecule has 1 atom stereocenters. The summed E-state index contributed by atoms with van der Waals surface area (Å²) < 4.78 is 5.69. The van der Waals surface area contributed by atoms with Crippen LogP contribution in [0.4, 0.5) is 0 Å². The number of carbonyl (C=O) groups is 1. The van der Waals surface area contributed by atoms with Crippen LogP contribution in [0.5, 0.6) is 5.75 Å². The van der Waals surface area contributed by atoms with Gasteiger partial charge in [-0.25, -0.2) is 0 Å². The summed E-state index contributed by atoms with van der Waals surface area (Å²) in [6.07, 6.45) is 3.09. The highest BCUT2D eigenvalue weighted by Gasteiger charge is 2.20. The second-order valence-electron chi connectivity index (χ2n) is 4.74. The summed E-state index contributed by atoms with van der Waals surface area (Å²) in [7, 11) is 0. The van der Waals surface area contributed by atoms with Gasteiger partial charge in [0.2, 0.25) is 0 Å². The predicted molar refractivity (Wildman–Crippen MR) is 62.6 cm³/mol. The number of ketones is 1. The van der Waals surface area contributed by atoms with Crippen molar-refractivity contribution in [3.05, 3.63) is 24.0 Å². The van der Waals surface area contributed by atoms with E-state index in [1.807, 2.05) is 20.8 Å². The quantitative estimate of drug-likeness (QED) is 0.792. The number of Topliss-reactive ketones (excluding diaryl/α,β-unsaturated/α-hetero) is 1. The number of hydrogen-bond donors (Lipinski definition) is 1. The van der Waals surface area contributed by atoms with Crippen LogP contribution in [0.15, 0.2) is 18.5 Å².